The van der Waals surface area contributed by atoms with Gasteiger partial charge in [-0.15, -0.1) is 0 Å². The first-order chi connectivity index (χ1) is 10.6. The van der Waals surface area contributed by atoms with Crippen LogP contribution in [0.4, 0.5) is 5.69 Å². The molecule has 1 heterocycles. The van der Waals surface area contributed by atoms with Crippen LogP contribution in [-0.2, 0) is 11.3 Å². The van der Waals surface area contributed by atoms with Gasteiger partial charge in [0.15, 0.2) is 5.58 Å². The minimum atomic E-state index is -0.441. The number of carbonyl (C=O) groups excluding carboxylic acids is 1. The number of rotatable bonds is 4. The van der Waals surface area contributed by atoms with Crippen LogP contribution in [0.25, 0.3) is 11.1 Å². The Morgan fingerprint density at radius 1 is 1.14 bits per heavy atom. The summed E-state index contributed by atoms with van der Waals surface area (Å²) in [5, 5.41) is 2.85. The van der Waals surface area contributed by atoms with Crippen LogP contribution < -0.4 is 11.1 Å². The fourth-order valence-electron chi connectivity index (χ4n) is 2.21. The van der Waals surface area contributed by atoms with E-state index in [4.69, 9.17) is 4.42 Å². The third-order valence-corrected chi connectivity index (χ3v) is 4.22. The molecule has 1 N–H and O–H groups in total. The first-order valence-corrected chi connectivity index (χ1v) is 7.86. The van der Waals surface area contributed by atoms with Crippen LogP contribution in [0.2, 0.25) is 0 Å². The van der Waals surface area contributed by atoms with Crippen LogP contribution in [0.1, 0.15) is 6.42 Å². The number of hydrogen-bond donors (Lipinski definition) is 1. The van der Waals surface area contributed by atoms with E-state index in [1.807, 2.05) is 30.3 Å². The number of hydrogen-bond acceptors (Lipinski definition) is 3. The number of aryl methyl sites for hydroxylation is 1. The van der Waals surface area contributed by atoms with Gasteiger partial charge in [-0.05, 0) is 46.9 Å². The molecular weight excluding hydrogens is 395 g/mol. The Labute approximate surface area is 140 Å². The van der Waals surface area contributed by atoms with E-state index in [-0.39, 0.29) is 18.9 Å². The predicted molar refractivity (Wildman–Crippen MR) is 92.9 cm³/mol. The molecule has 0 aliphatic carbocycles. The number of halogens is 1. The molecule has 22 heavy (non-hydrogen) atoms. The molecule has 1 aromatic heterocycles. The quantitative estimate of drug-likeness (QED) is 0.675. The third-order valence-electron chi connectivity index (χ3n) is 3.28. The molecule has 2 aromatic carbocycles. The number of oxazole rings is 1. The minimum Gasteiger partial charge on any atom is -0.408 e. The first kappa shape index (κ1) is 14.8. The standard InChI is InChI=1S/C16H13IN2O3/c17-11-5-1-2-6-12(11)18-15(20)9-10-19-13-7-3-4-8-14(13)22-16(19)21/h1-8H,9-10H2,(H,18,20). The van der Waals surface area contributed by atoms with Gasteiger partial charge in [-0.3, -0.25) is 9.36 Å². The van der Waals surface area contributed by atoms with Crippen LogP contribution in [0, 0.1) is 3.57 Å². The smallest absolute Gasteiger partial charge is 0.408 e. The summed E-state index contributed by atoms with van der Waals surface area (Å²) >= 11 is 2.16. The largest absolute Gasteiger partial charge is 0.419 e. The van der Waals surface area contributed by atoms with E-state index in [0.29, 0.717) is 11.1 Å². The number of nitrogens with zero attached hydrogens (tertiary/aromatic N) is 1. The van der Waals surface area contributed by atoms with Gasteiger partial charge in [-0.2, -0.15) is 0 Å². The zero-order chi connectivity index (χ0) is 15.5. The molecule has 112 valence electrons. The Bertz CT molecular complexity index is 882. The van der Waals surface area contributed by atoms with Crippen LogP contribution in [-0.4, -0.2) is 10.5 Å². The van der Waals surface area contributed by atoms with E-state index in [1.165, 1.54) is 4.57 Å². The third kappa shape index (κ3) is 3.06. The summed E-state index contributed by atoms with van der Waals surface area (Å²) in [6.45, 7) is 0.283. The maximum atomic E-state index is 12.0. The Balaban J connectivity index is 1.72. The lowest BCUT2D eigenvalue weighted by Gasteiger charge is -2.07. The second-order valence-electron chi connectivity index (χ2n) is 4.77. The summed E-state index contributed by atoms with van der Waals surface area (Å²) in [7, 11) is 0. The fraction of sp³-hybridized carbons (Fsp3) is 0.125. The second kappa shape index (κ2) is 6.35. The van der Waals surface area contributed by atoms with Crippen molar-refractivity contribution in [2.24, 2.45) is 0 Å². The van der Waals surface area contributed by atoms with Gasteiger partial charge in [0.1, 0.15) is 0 Å². The molecule has 3 rings (SSSR count). The van der Waals surface area contributed by atoms with Crippen molar-refractivity contribution in [3.63, 3.8) is 0 Å². The molecule has 5 nitrogen and oxygen atoms in total. The van der Waals surface area contributed by atoms with Crippen LogP contribution in [0.3, 0.4) is 0 Å². The summed E-state index contributed by atoms with van der Waals surface area (Å²) in [6.07, 6.45) is 0.203. The molecule has 0 atom stereocenters. The number of para-hydroxylation sites is 3. The Hall–Kier alpha value is -2.09. The Kier molecular flexibility index (Phi) is 4.28. The fourth-order valence-corrected chi connectivity index (χ4v) is 2.74. The molecule has 0 spiro atoms. The van der Waals surface area contributed by atoms with Crippen molar-refractivity contribution in [1.82, 2.24) is 4.57 Å². The van der Waals surface area contributed by atoms with Gasteiger partial charge in [0.2, 0.25) is 5.91 Å². The number of fused-ring (bicyclic) bond motifs is 1. The first-order valence-electron chi connectivity index (χ1n) is 6.78. The van der Waals surface area contributed by atoms with E-state index in [1.54, 1.807) is 18.2 Å². The van der Waals surface area contributed by atoms with Gasteiger partial charge in [0.25, 0.3) is 0 Å². The molecule has 0 unspecified atom stereocenters. The highest BCUT2D eigenvalue weighted by atomic mass is 127. The van der Waals surface area contributed by atoms with Gasteiger partial charge in [-0.1, -0.05) is 24.3 Å². The molecule has 3 aromatic rings. The molecule has 0 saturated heterocycles. The summed E-state index contributed by atoms with van der Waals surface area (Å²) in [5.74, 6) is -0.579. The van der Waals surface area contributed by atoms with Gasteiger partial charge in [-0.25, -0.2) is 4.79 Å². The highest BCUT2D eigenvalue weighted by Gasteiger charge is 2.11. The molecule has 0 aliphatic rings. The number of nitrogens with one attached hydrogen (secondary N) is 1. The molecule has 0 saturated carbocycles. The zero-order valence-electron chi connectivity index (χ0n) is 11.6. The van der Waals surface area contributed by atoms with Gasteiger partial charge in [0, 0.05) is 16.5 Å². The van der Waals surface area contributed by atoms with Crippen LogP contribution in [0.15, 0.2) is 57.7 Å². The average molecular weight is 408 g/mol. The molecule has 1 amide bonds. The zero-order valence-corrected chi connectivity index (χ0v) is 13.7. The minimum absolute atomic E-state index is 0.138. The topological polar surface area (TPSA) is 64.2 Å². The summed E-state index contributed by atoms with van der Waals surface area (Å²) < 4.78 is 7.59. The second-order valence-corrected chi connectivity index (χ2v) is 5.93. The number of benzene rings is 2. The van der Waals surface area contributed by atoms with Gasteiger partial charge >= 0.3 is 5.76 Å². The highest BCUT2D eigenvalue weighted by Crippen LogP contribution is 2.17. The Morgan fingerprint density at radius 3 is 2.68 bits per heavy atom. The molecule has 0 bridgehead atoms. The van der Waals surface area contributed by atoms with E-state index >= 15 is 0 Å². The van der Waals surface area contributed by atoms with E-state index < -0.39 is 5.76 Å². The van der Waals surface area contributed by atoms with Crippen molar-refractivity contribution in [2.75, 3.05) is 5.32 Å². The van der Waals surface area contributed by atoms with Crippen molar-refractivity contribution in [3.05, 3.63) is 62.7 Å². The predicted octanol–water partition coefficient (Wildman–Crippen LogP) is 3.23. The SMILES string of the molecule is O=C(CCn1c(=O)oc2ccccc21)Nc1ccccc1I. The van der Waals surface area contributed by atoms with Crippen molar-refractivity contribution in [1.29, 1.82) is 0 Å². The number of carbonyl (C=O) groups is 1. The molecule has 0 radical (unpaired) electrons. The number of amides is 1. The monoisotopic (exact) mass is 408 g/mol. The van der Waals surface area contributed by atoms with Crippen molar-refractivity contribution >= 4 is 45.3 Å². The summed E-state index contributed by atoms with van der Waals surface area (Å²) in [5.41, 5.74) is 2.01. The average Bonchev–Trinajstić information content (AvgIpc) is 2.83. The van der Waals surface area contributed by atoms with Crippen LogP contribution >= 0.6 is 22.6 Å². The lowest BCUT2D eigenvalue weighted by molar-refractivity contribution is -0.116. The summed E-state index contributed by atoms with van der Waals surface area (Å²) in [4.78, 5) is 23.9. The lowest BCUT2D eigenvalue weighted by Crippen LogP contribution is -2.20. The van der Waals surface area contributed by atoms with Gasteiger partial charge in [0.05, 0.1) is 11.2 Å². The van der Waals surface area contributed by atoms with E-state index in [9.17, 15) is 9.59 Å². The van der Waals surface area contributed by atoms with Crippen molar-refractivity contribution in [3.8, 4) is 0 Å². The maximum Gasteiger partial charge on any atom is 0.419 e. The number of anilines is 1. The normalized spacial score (nSPS) is 10.8. The van der Waals surface area contributed by atoms with E-state index in [2.05, 4.69) is 27.9 Å². The molecule has 6 heteroatoms. The van der Waals surface area contributed by atoms with Crippen molar-refractivity contribution in [2.45, 2.75) is 13.0 Å². The molecular formula is C16H13IN2O3. The van der Waals surface area contributed by atoms with Crippen LogP contribution in [0.5, 0.6) is 0 Å². The Morgan fingerprint density at radius 2 is 1.86 bits per heavy atom. The van der Waals surface area contributed by atoms with Gasteiger partial charge < -0.3 is 9.73 Å². The molecule has 0 fully saturated rings. The van der Waals surface area contributed by atoms with E-state index in [0.717, 1.165) is 9.26 Å². The maximum absolute atomic E-state index is 12.0. The summed E-state index contributed by atoms with van der Waals surface area (Å²) in [6, 6.07) is 14.7. The number of aromatic nitrogens is 1. The lowest BCUT2D eigenvalue weighted by atomic mass is 10.3. The molecule has 0 aliphatic heterocycles. The highest BCUT2D eigenvalue weighted by molar-refractivity contribution is 14.1. The van der Waals surface area contributed by atoms with Crippen molar-refractivity contribution < 1.29 is 9.21 Å².